The zero-order valence-corrected chi connectivity index (χ0v) is 13.8. The molecule has 0 spiro atoms. The number of anilines is 2. The van der Waals surface area contributed by atoms with E-state index >= 15 is 0 Å². The lowest BCUT2D eigenvalue weighted by molar-refractivity contribution is 0.102. The van der Waals surface area contributed by atoms with Crippen molar-refractivity contribution >= 4 is 33.2 Å². The Morgan fingerprint density at radius 1 is 1.43 bits per heavy atom. The predicted molar refractivity (Wildman–Crippen MR) is 88.5 cm³/mol. The minimum absolute atomic E-state index is 0.253. The topological polar surface area (TPSA) is 83.8 Å². The lowest BCUT2D eigenvalue weighted by atomic mass is 10.1. The van der Waals surface area contributed by atoms with Crippen molar-refractivity contribution in [3.8, 4) is 0 Å². The number of aromatic amines is 1. The number of nitrogens with one attached hydrogen (secondary N) is 2. The fourth-order valence-electron chi connectivity index (χ4n) is 2.16. The van der Waals surface area contributed by atoms with Crippen molar-refractivity contribution in [2.24, 2.45) is 0 Å². The Morgan fingerprint density at radius 2 is 2.19 bits per heavy atom. The summed E-state index contributed by atoms with van der Waals surface area (Å²) in [6.45, 7) is 4.09. The number of hydrogen-bond donors (Lipinski definition) is 3. The molecule has 2 rings (SSSR count). The van der Waals surface area contributed by atoms with Crippen molar-refractivity contribution in [3.05, 3.63) is 39.6 Å². The van der Waals surface area contributed by atoms with E-state index in [4.69, 9.17) is 5.73 Å². The third kappa shape index (κ3) is 3.44. The second kappa shape index (κ2) is 6.76. The maximum absolute atomic E-state index is 12.3. The quantitative estimate of drug-likeness (QED) is 0.771. The molecule has 0 saturated heterocycles. The molecule has 1 heterocycles. The molecule has 5 nitrogen and oxygen atoms in total. The molecule has 0 unspecified atom stereocenters. The number of rotatable bonds is 5. The Balaban J connectivity index is 2.22. The standard InChI is InChI=1S/C15H19BrN4O/c1-3-5-12-13(17)14(20-19-12)15(21)18-11-7-6-10(16)8-9(11)4-2/h6-8H,3-5,17H2,1-2H3,(H,18,21)(H,19,20). The lowest BCUT2D eigenvalue weighted by Crippen LogP contribution is -2.15. The Morgan fingerprint density at radius 3 is 2.86 bits per heavy atom. The SMILES string of the molecule is CCCc1[nH]nc(C(=O)Nc2ccc(Br)cc2CC)c1N. The number of aromatic nitrogens is 2. The minimum atomic E-state index is -0.289. The molecule has 1 aromatic heterocycles. The fourth-order valence-corrected chi connectivity index (χ4v) is 2.57. The molecule has 0 saturated carbocycles. The molecule has 0 atom stereocenters. The van der Waals surface area contributed by atoms with Crippen molar-refractivity contribution in [1.82, 2.24) is 10.2 Å². The molecule has 0 bridgehead atoms. The highest BCUT2D eigenvalue weighted by Crippen LogP contribution is 2.23. The lowest BCUT2D eigenvalue weighted by Gasteiger charge is -2.09. The third-order valence-electron chi connectivity index (χ3n) is 3.29. The van der Waals surface area contributed by atoms with E-state index in [2.05, 4.69) is 38.4 Å². The predicted octanol–water partition coefficient (Wildman–Crippen LogP) is 3.52. The van der Waals surface area contributed by atoms with Gasteiger partial charge in [-0.3, -0.25) is 9.89 Å². The molecule has 0 aliphatic carbocycles. The van der Waals surface area contributed by atoms with Gasteiger partial charge >= 0.3 is 0 Å². The number of aryl methyl sites for hydroxylation is 2. The van der Waals surface area contributed by atoms with Gasteiger partial charge < -0.3 is 11.1 Å². The normalized spacial score (nSPS) is 10.6. The van der Waals surface area contributed by atoms with Crippen LogP contribution in [0.2, 0.25) is 0 Å². The number of nitrogens with zero attached hydrogens (tertiary/aromatic N) is 1. The van der Waals surface area contributed by atoms with Crippen molar-refractivity contribution in [3.63, 3.8) is 0 Å². The van der Waals surface area contributed by atoms with Gasteiger partial charge in [-0.1, -0.05) is 36.2 Å². The third-order valence-corrected chi connectivity index (χ3v) is 3.79. The molecular weight excluding hydrogens is 332 g/mol. The summed E-state index contributed by atoms with van der Waals surface area (Å²) >= 11 is 3.43. The second-order valence-electron chi connectivity index (χ2n) is 4.82. The first kappa shape index (κ1) is 15.6. The van der Waals surface area contributed by atoms with Crippen molar-refractivity contribution in [2.45, 2.75) is 33.1 Å². The van der Waals surface area contributed by atoms with Gasteiger partial charge in [-0.2, -0.15) is 5.10 Å². The van der Waals surface area contributed by atoms with Gasteiger partial charge in [0, 0.05) is 10.2 Å². The Bertz CT molecular complexity index is 651. The molecule has 4 N–H and O–H groups in total. The van der Waals surface area contributed by atoms with E-state index in [0.717, 1.165) is 40.7 Å². The summed E-state index contributed by atoms with van der Waals surface area (Å²) in [5, 5.41) is 9.75. The number of nitrogen functional groups attached to an aromatic ring is 1. The largest absolute Gasteiger partial charge is 0.395 e. The van der Waals surface area contributed by atoms with Crippen LogP contribution in [0.3, 0.4) is 0 Å². The molecule has 0 aliphatic heterocycles. The van der Waals surface area contributed by atoms with Crippen LogP contribution in [-0.2, 0) is 12.8 Å². The number of hydrogen-bond acceptors (Lipinski definition) is 3. The number of halogens is 1. The summed E-state index contributed by atoms with van der Waals surface area (Å²) in [5.41, 5.74) is 9.32. The van der Waals surface area contributed by atoms with Gasteiger partial charge in [-0.05, 0) is 36.6 Å². The van der Waals surface area contributed by atoms with Gasteiger partial charge in [-0.25, -0.2) is 0 Å². The van der Waals surface area contributed by atoms with Gasteiger partial charge in [0.15, 0.2) is 5.69 Å². The summed E-state index contributed by atoms with van der Waals surface area (Å²) in [4.78, 5) is 12.3. The Kier molecular flexibility index (Phi) is 5.01. The molecular formula is C15H19BrN4O. The molecule has 0 aliphatic rings. The Hall–Kier alpha value is -1.82. The van der Waals surface area contributed by atoms with E-state index in [-0.39, 0.29) is 11.6 Å². The van der Waals surface area contributed by atoms with Crippen molar-refractivity contribution < 1.29 is 4.79 Å². The number of H-pyrrole nitrogens is 1. The average Bonchev–Trinajstić information content (AvgIpc) is 2.82. The number of carbonyl (C=O) groups excluding carboxylic acids is 1. The van der Waals surface area contributed by atoms with Crippen LogP contribution in [0.15, 0.2) is 22.7 Å². The zero-order chi connectivity index (χ0) is 15.4. The highest BCUT2D eigenvalue weighted by molar-refractivity contribution is 9.10. The van der Waals surface area contributed by atoms with Crippen LogP contribution in [0.5, 0.6) is 0 Å². The van der Waals surface area contributed by atoms with E-state index in [1.807, 2.05) is 25.1 Å². The molecule has 6 heteroatoms. The van der Waals surface area contributed by atoms with Gasteiger partial charge in [-0.15, -0.1) is 0 Å². The fraction of sp³-hybridized carbons (Fsp3) is 0.333. The second-order valence-corrected chi connectivity index (χ2v) is 5.74. The van der Waals surface area contributed by atoms with Crippen molar-refractivity contribution in [2.75, 3.05) is 11.1 Å². The summed E-state index contributed by atoms with van der Waals surface area (Å²) in [6.07, 6.45) is 2.55. The van der Waals surface area contributed by atoms with Crippen LogP contribution >= 0.6 is 15.9 Å². The highest BCUT2D eigenvalue weighted by Gasteiger charge is 2.17. The highest BCUT2D eigenvalue weighted by atomic mass is 79.9. The van der Waals surface area contributed by atoms with Gasteiger partial charge in [0.2, 0.25) is 0 Å². The first-order chi connectivity index (χ1) is 10.1. The van der Waals surface area contributed by atoms with Gasteiger partial charge in [0.25, 0.3) is 5.91 Å². The minimum Gasteiger partial charge on any atom is -0.395 e. The molecule has 0 fully saturated rings. The average molecular weight is 351 g/mol. The number of nitrogens with two attached hydrogens (primary N) is 1. The molecule has 112 valence electrons. The maximum Gasteiger partial charge on any atom is 0.278 e. The monoisotopic (exact) mass is 350 g/mol. The number of amides is 1. The first-order valence-electron chi connectivity index (χ1n) is 6.99. The van der Waals surface area contributed by atoms with E-state index < -0.39 is 0 Å². The van der Waals surface area contributed by atoms with Crippen LogP contribution in [0.25, 0.3) is 0 Å². The summed E-state index contributed by atoms with van der Waals surface area (Å²) < 4.78 is 0.988. The molecule has 1 amide bonds. The number of benzene rings is 1. The van der Waals surface area contributed by atoms with E-state index in [9.17, 15) is 4.79 Å². The van der Waals surface area contributed by atoms with Crippen LogP contribution in [0, 0.1) is 0 Å². The molecule has 0 radical (unpaired) electrons. The summed E-state index contributed by atoms with van der Waals surface area (Å²) in [5.74, 6) is -0.289. The van der Waals surface area contributed by atoms with E-state index in [0.29, 0.717) is 5.69 Å². The van der Waals surface area contributed by atoms with Crippen molar-refractivity contribution in [1.29, 1.82) is 0 Å². The first-order valence-corrected chi connectivity index (χ1v) is 7.78. The molecule has 2 aromatic rings. The zero-order valence-electron chi connectivity index (χ0n) is 12.2. The maximum atomic E-state index is 12.3. The molecule has 21 heavy (non-hydrogen) atoms. The van der Waals surface area contributed by atoms with E-state index in [1.54, 1.807) is 0 Å². The number of carbonyl (C=O) groups is 1. The van der Waals surface area contributed by atoms with Crippen LogP contribution < -0.4 is 11.1 Å². The summed E-state index contributed by atoms with van der Waals surface area (Å²) in [7, 11) is 0. The smallest absolute Gasteiger partial charge is 0.278 e. The van der Waals surface area contributed by atoms with Crippen LogP contribution in [0.1, 0.15) is 42.0 Å². The van der Waals surface area contributed by atoms with E-state index in [1.165, 1.54) is 0 Å². The summed E-state index contributed by atoms with van der Waals surface area (Å²) in [6, 6.07) is 5.76. The van der Waals surface area contributed by atoms with Crippen LogP contribution in [0.4, 0.5) is 11.4 Å². The Labute approximate surface area is 132 Å². The molecule has 1 aromatic carbocycles. The van der Waals surface area contributed by atoms with Crippen LogP contribution in [-0.4, -0.2) is 16.1 Å². The van der Waals surface area contributed by atoms with Gasteiger partial charge in [0.1, 0.15) is 0 Å². The van der Waals surface area contributed by atoms with Gasteiger partial charge in [0.05, 0.1) is 11.4 Å².